The van der Waals surface area contributed by atoms with Gasteiger partial charge in [-0.3, -0.25) is 0 Å². The van der Waals surface area contributed by atoms with E-state index in [0.717, 1.165) is 30.1 Å². The number of hydrogen-bond acceptors (Lipinski definition) is 3. The Hall–Kier alpha value is -0.280. The van der Waals surface area contributed by atoms with Gasteiger partial charge >= 0.3 is 0 Å². The van der Waals surface area contributed by atoms with Crippen molar-refractivity contribution in [3.8, 4) is 5.75 Å². The summed E-state index contributed by atoms with van der Waals surface area (Å²) in [5, 5.41) is 0. The van der Waals surface area contributed by atoms with Gasteiger partial charge in [-0.05, 0) is 30.9 Å². The van der Waals surface area contributed by atoms with Crippen LogP contribution in [0.3, 0.4) is 0 Å². The molecule has 0 aliphatic rings. The molecule has 0 unspecified atom stereocenters. The summed E-state index contributed by atoms with van der Waals surface area (Å²) in [4.78, 5) is 2.16. The third-order valence-electron chi connectivity index (χ3n) is 1.87. The van der Waals surface area contributed by atoms with Crippen LogP contribution in [0.2, 0.25) is 0 Å². The van der Waals surface area contributed by atoms with Crippen LogP contribution in [0, 0.1) is 0 Å². The zero-order valence-electron chi connectivity index (χ0n) is 8.62. The van der Waals surface area contributed by atoms with E-state index < -0.39 is 0 Å². The molecule has 0 spiro atoms. The molecule has 0 aliphatic heterocycles. The minimum atomic E-state index is 0.793. The van der Waals surface area contributed by atoms with Crippen molar-refractivity contribution >= 4 is 24.4 Å². The lowest BCUT2D eigenvalue weighted by Crippen LogP contribution is -1.96. The first-order valence-corrected chi connectivity index (χ1v) is 6.44. The second-order valence-electron chi connectivity index (χ2n) is 3.07. The van der Waals surface area contributed by atoms with Crippen molar-refractivity contribution in [1.29, 1.82) is 0 Å². The Kier molecular flexibility index (Phi) is 5.26. The molecule has 0 amide bonds. The summed E-state index contributed by atoms with van der Waals surface area (Å²) in [6.45, 7) is 2.95. The Morgan fingerprint density at radius 2 is 2.14 bits per heavy atom. The predicted molar refractivity (Wildman–Crippen MR) is 65.9 cm³/mol. The Labute approximate surface area is 95.6 Å². The highest BCUT2D eigenvalue weighted by Crippen LogP contribution is 2.25. The Bertz CT molecular complexity index is 287. The third-order valence-corrected chi connectivity index (χ3v) is 2.83. The summed E-state index contributed by atoms with van der Waals surface area (Å²) in [7, 11) is 0. The van der Waals surface area contributed by atoms with E-state index in [1.54, 1.807) is 11.8 Å². The van der Waals surface area contributed by atoms with Gasteiger partial charge in [-0.25, -0.2) is 0 Å². The van der Waals surface area contributed by atoms with Gasteiger partial charge < -0.3 is 4.74 Å². The summed E-state index contributed by atoms with van der Waals surface area (Å²) in [5.74, 6) is 0.926. The highest BCUT2D eigenvalue weighted by Gasteiger charge is 1.98. The molecule has 0 aliphatic carbocycles. The molecule has 1 aromatic rings. The molecule has 0 N–H and O–H groups in total. The molecule has 0 saturated carbocycles. The van der Waals surface area contributed by atoms with Gasteiger partial charge in [0, 0.05) is 9.79 Å². The number of thioether (sulfide) groups is 1. The molecule has 0 heterocycles. The first kappa shape index (κ1) is 11.8. The summed E-state index contributed by atoms with van der Waals surface area (Å²) in [6.07, 6.45) is 4.32. The van der Waals surface area contributed by atoms with E-state index in [-0.39, 0.29) is 0 Å². The molecule has 3 heteroatoms. The maximum atomic E-state index is 5.61. The summed E-state index contributed by atoms with van der Waals surface area (Å²) in [6, 6.07) is 6.05. The lowest BCUT2D eigenvalue weighted by molar-refractivity contribution is 0.308. The van der Waals surface area contributed by atoms with Gasteiger partial charge in [0.25, 0.3) is 0 Å². The van der Waals surface area contributed by atoms with E-state index in [0.29, 0.717) is 0 Å². The summed E-state index contributed by atoms with van der Waals surface area (Å²) < 4.78 is 5.61. The van der Waals surface area contributed by atoms with Gasteiger partial charge in [-0.1, -0.05) is 13.3 Å². The number of ether oxygens (including phenoxy) is 1. The van der Waals surface area contributed by atoms with E-state index in [1.165, 1.54) is 4.90 Å². The van der Waals surface area contributed by atoms with Crippen LogP contribution in [0.1, 0.15) is 19.8 Å². The van der Waals surface area contributed by atoms with Crippen LogP contribution >= 0.6 is 24.4 Å². The van der Waals surface area contributed by atoms with E-state index in [9.17, 15) is 0 Å². The molecule has 1 aromatic carbocycles. The number of benzene rings is 1. The van der Waals surface area contributed by atoms with Crippen molar-refractivity contribution in [3.63, 3.8) is 0 Å². The monoisotopic (exact) mass is 228 g/mol. The second-order valence-corrected chi connectivity index (χ2v) is 4.46. The number of hydrogen-bond donors (Lipinski definition) is 1. The second kappa shape index (κ2) is 6.25. The lowest BCUT2D eigenvalue weighted by Gasteiger charge is -2.07. The van der Waals surface area contributed by atoms with Crippen LogP contribution in [0.5, 0.6) is 5.75 Å². The van der Waals surface area contributed by atoms with Crippen LogP contribution < -0.4 is 4.74 Å². The van der Waals surface area contributed by atoms with Crippen molar-refractivity contribution in [2.45, 2.75) is 29.6 Å². The van der Waals surface area contributed by atoms with Gasteiger partial charge in [0.05, 0.1) is 6.61 Å². The Morgan fingerprint density at radius 1 is 1.36 bits per heavy atom. The van der Waals surface area contributed by atoms with Crippen LogP contribution in [-0.2, 0) is 0 Å². The average molecular weight is 228 g/mol. The molecular formula is C11H16OS2. The van der Waals surface area contributed by atoms with E-state index >= 15 is 0 Å². The molecular weight excluding hydrogens is 212 g/mol. The molecule has 14 heavy (non-hydrogen) atoms. The molecule has 0 fully saturated rings. The van der Waals surface area contributed by atoms with Crippen LogP contribution in [-0.4, -0.2) is 12.9 Å². The van der Waals surface area contributed by atoms with Gasteiger partial charge in [0.15, 0.2) is 0 Å². The van der Waals surface area contributed by atoms with Crippen LogP contribution in [0.4, 0.5) is 0 Å². The van der Waals surface area contributed by atoms with Crippen molar-refractivity contribution in [2.24, 2.45) is 0 Å². The van der Waals surface area contributed by atoms with Crippen LogP contribution in [0.15, 0.2) is 28.0 Å². The predicted octanol–water partition coefficient (Wildman–Crippen LogP) is 3.88. The number of unbranched alkanes of at least 4 members (excludes halogenated alkanes) is 1. The number of thiol groups is 1. The lowest BCUT2D eigenvalue weighted by atomic mass is 10.3. The zero-order valence-corrected chi connectivity index (χ0v) is 10.3. The van der Waals surface area contributed by atoms with Gasteiger partial charge in [-0.2, -0.15) is 0 Å². The largest absolute Gasteiger partial charge is 0.494 e. The van der Waals surface area contributed by atoms with E-state index in [2.05, 4.69) is 31.9 Å². The summed E-state index contributed by atoms with van der Waals surface area (Å²) >= 11 is 6.04. The minimum absolute atomic E-state index is 0.793. The molecule has 1 nitrogen and oxygen atoms in total. The van der Waals surface area contributed by atoms with Crippen molar-refractivity contribution < 1.29 is 4.74 Å². The maximum absolute atomic E-state index is 5.61. The third kappa shape index (κ3) is 3.84. The normalized spacial score (nSPS) is 10.2. The van der Waals surface area contributed by atoms with Crippen molar-refractivity contribution in [1.82, 2.24) is 0 Å². The van der Waals surface area contributed by atoms with Gasteiger partial charge in [-0.15, -0.1) is 24.4 Å². The molecule has 0 saturated heterocycles. The molecule has 78 valence electrons. The topological polar surface area (TPSA) is 9.23 Å². The van der Waals surface area contributed by atoms with Gasteiger partial charge in [0.2, 0.25) is 0 Å². The van der Waals surface area contributed by atoms with Gasteiger partial charge in [0.1, 0.15) is 5.75 Å². The Balaban J connectivity index is 2.62. The fourth-order valence-corrected chi connectivity index (χ4v) is 1.92. The molecule has 1 rings (SSSR count). The fourth-order valence-electron chi connectivity index (χ4n) is 1.09. The average Bonchev–Trinajstić information content (AvgIpc) is 2.17. The molecule has 0 atom stereocenters. The molecule has 0 radical (unpaired) electrons. The zero-order chi connectivity index (χ0) is 10.4. The maximum Gasteiger partial charge on any atom is 0.121 e. The quantitative estimate of drug-likeness (QED) is 0.465. The van der Waals surface area contributed by atoms with Crippen LogP contribution in [0.25, 0.3) is 0 Å². The Morgan fingerprint density at radius 3 is 2.79 bits per heavy atom. The SMILES string of the molecule is CCCCOc1cc(S)cc(SC)c1. The molecule has 0 bridgehead atoms. The standard InChI is InChI=1S/C11H16OS2/c1-3-4-5-12-9-6-10(13)8-11(7-9)14-2/h6-8,13H,3-5H2,1-2H3. The highest BCUT2D eigenvalue weighted by atomic mass is 32.2. The number of rotatable bonds is 5. The van der Waals surface area contributed by atoms with E-state index in [4.69, 9.17) is 4.74 Å². The van der Waals surface area contributed by atoms with E-state index in [1.807, 2.05) is 12.1 Å². The van der Waals surface area contributed by atoms with Crippen molar-refractivity contribution in [2.75, 3.05) is 12.9 Å². The first-order chi connectivity index (χ1) is 6.76. The first-order valence-electron chi connectivity index (χ1n) is 4.77. The fraction of sp³-hybridized carbons (Fsp3) is 0.455. The minimum Gasteiger partial charge on any atom is -0.494 e. The highest BCUT2D eigenvalue weighted by molar-refractivity contribution is 7.98. The van der Waals surface area contributed by atoms with Crippen molar-refractivity contribution in [3.05, 3.63) is 18.2 Å². The smallest absolute Gasteiger partial charge is 0.121 e. The summed E-state index contributed by atoms with van der Waals surface area (Å²) in [5.41, 5.74) is 0. The molecule has 0 aromatic heterocycles.